The first-order valence-electron chi connectivity index (χ1n) is 5.21. The van der Waals surface area contributed by atoms with Gasteiger partial charge in [-0.3, -0.25) is 0 Å². The Bertz CT molecular complexity index is 460. The van der Waals surface area contributed by atoms with E-state index in [2.05, 4.69) is 5.32 Å². The van der Waals surface area contributed by atoms with E-state index < -0.39 is 18.9 Å². The maximum absolute atomic E-state index is 12.6. The van der Waals surface area contributed by atoms with Crippen molar-refractivity contribution in [2.45, 2.75) is 25.8 Å². The van der Waals surface area contributed by atoms with Gasteiger partial charge in [0.2, 0.25) is 0 Å². The molecule has 1 aromatic heterocycles. The second-order valence-corrected chi connectivity index (χ2v) is 3.98. The Hall–Kier alpha value is -1.55. The van der Waals surface area contributed by atoms with Crippen LogP contribution < -0.4 is 5.32 Å². The Balaban J connectivity index is 2.63. The SMILES string of the molecule is Cc1c(CNCC(F)(F)C(F)F)cc(C#N)n1C. The maximum Gasteiger partial charge on any atom is 0.319 e. The van der Waals surface area contributed by atoms with Crippen LogP contribution in [0.25, 0.3) is 0 Å². The summed E-state index contributed by atoms with van der Waals surface area (Å²) in [6.45, 7) is 0.646. The minimum Gasteiger partial charge on any atom is -0.340 e. The summed E-state index contributed by atoms with van der Waals surface area (Å²) >= 11 is 0. The molecule has 0 aliphatic carbocycles. The molecule has 1 N–H and O–H groups in total. The summed E-state index contributed by atoms with van der Waals surface area (Å²) in [6, 6.07) is 3.49. The predicted octanol–water partition coefficient (Wildman–Crippen LogP) is 2.20. The highest BCUT2D eigenvalue weighted by molar-refractivity contribution is 5.34. The molecule has 0 aromatic carbocycles. The first-order valence-corrected chi connectivity index (χ1v) is 5.21. The standard InChI is InChI=1S/C11H13F4N3/c1-7-8(3-9(4-16)18(7)2)5-17-6-11(14,15)10(12)13/h3,10,17H,5-6H2,1-2H3. The summed E-state index contributed by atoms with van der Waals surface area (Å²) in [5.74, 6) is -4.04. The van der Waals surface area contributed by atoms with Gasteiger partial charge in [0.05, 0.1) is 6.54 Å². The van der Waals surface area contributed by atoms with Crippen molar-refractivity contribution in [1.29, 1.82) is 5.26 Å². The quantitative estimate of drug-likeness (QED) is 0.827. The Morgan fingerprint density at radius 1 is 1.50 bits per heavy atom. The zero-order chi connectivity index (χ0) is 13.9. The van der Waals surface area contributed by atoms with Gasteiger partial charge in [-0.15, -0.1) is 0 Å². The van der Waals surface area contributed by atoms with Gasteiger partial charge in [0.25, 0.3) is 0 Å². The maximum atomic E-state index is 12.6. The molecule has 100 valence electrons. The van der Waals surface area contributed by atoms with E-state index in [4.69, 9.17) is 5.26 Å². The van der Waals surface area contributed by atoms with E-state index in [0.717, 1.165) is 5.69 Å². The fraction of sp³-hybridized carbons (Fsp3) is 0.545. The monoisotopic (exact) mass is 263 g/mol. The fourth-order valence-electron chi connectivity index (χ4n) is 1.49. The number of halogens is 4. The summed E-state index contributed by atoms with van der Waals surface area (Å²) in [7, 11) is 1.67. The highest BCUT2D eigenvalue weighted by Crippen LogP contribution is 2.22. The van der Waals surface area contributed by atoms with Crippen molar-refractivity contribution in [2.75, 3.05) is 6.54 Å². The molecule has 7 heteroatoms. The summed E-state index contributed by atoms with van der Waals surface area (Å²) in [6.07, 6.45) is -3.68. The molecule has 0 aliphatic heterocycles. The molecule has 0 atom stereocenters. The molecule has 1 heterocycles. The van der Waals surface area contributed by atoms with Gasteiger partial charge < -0.3 is 9.88 Å². The van der Waals surface area contributed by atoms with Crippen LogP contribution in [0.1, 0.15) is 17.0 Å². The summed E-state index contributed by atoms with van der Waals surface area (Å²) in [5, 5.41) is 11.0. The topological polar surface area (TPSA) is 40.8 Å². The minimum atomic E-state index is -4.04. The average molecular weight is 263 g/mol. The van der Waals surface area contributed by atoms with E-state index in [-0.39, 0.29) is 6.54 Å². The van der Waals surface area contributed by atoms with E-state index in [1.807, 2.05) is 6.07 Å². The molecule has 0 saturated carbocycles. The number of nitrogens with zero attached hydrogens (tertiary/aromatic N) is 2. The van der Waals surface area contributed by atoms with Crippen LogP contribution in [-0.4, -0.2) is 23.5 Å². The van der Waals surface area contributed by atoms with Gasteiger partial charge in [0.15, 0.2) is 0 Å². The van der Waals surface area contributed by atoms with Crippen molar-refractivity contribution < 1.29 is 17.6 Å². The molecule has 0 radical (unpaired) electrons. The smallest absolute Gasteiger partial charge is 0.319 e. The largest absolute Gasteiger partial charge is 0.340 e. The molecule has 18 heavy (non-hydrogen) atoms. The number of alkyl halides is 4. The Kier molecular flexibility index (Phi) is 4.35. The molecule has 0 amide bonds. The number of nitriles is 1. The van der Waals surface area contributed by atoms with Crippen LogP contribution in [0, 0.1) is 18.3 Å². The molecule has 0 fully saturated rings. The van der Waals surface area contributed by atoms with Crippen molar-refractivity contribution in [1.82, 2.24) is 9.88 Å². The third-order valence-electron chi connectivity index (χ3n) is 2.75. The zero-order valence-electron chi connectivity index (χ0n) is 9.98. The first kappa shape index (κ1) is 14.5. The summed E-state index contributed by atoms with van der Waals surface area (Å²) in [5.41, 5.74) is 1.77. The van der Waals surface area contributed by atoms with E-state index in [9.17, 15) is 17.6 Å². The predicted molar refractivity (Wildman–Crippen MR) is 57.5 cm³/mol. The highest BCUT2D eigenvalue weighted by Gasteiger charge is 2.40. The van der Waals surface area contributed by atoms with Crippen LogP contribution in [0.4, 0.5) is 17.6 Å². The van der Waals surface area contributed by atoms with Gasteiger partial charge in [-0.05, 0) is 18.6 Å². The number of hydrogen-bond acceptors (Lipinski definition) is 2. The van der Waals surface area contributed by atoms with Crippen molar-refractivity contribution in [3.63, 3.8) is 0 Å². The fourth-order valence-corrected chi connectivity index (χ4v) is 1.49. The highest BCUT2D eigenvalue weighted by atomic mass is 19.3. The Labute approximate surface area is 102 Å². The summed E-state index contributed by atoms with van der Waals surface area (Å²) < 4.78 is 50.7. The number of rotatable bonds is 5. The first-order chi connectivity index (χ1) is 8.29. The minimum absolute atomic E-state index is 0.0175. The van der Waals surface area contributed by atoms with E-state index >= 15 is 0 Å². The lowest BCUT2D eigenvalue weighted by Gasteiger charge is -2.15. The lowest BCUT2D eigenvalue weighted by atomic mass is 10.2. The van der Waals surface area contributed by atoms with Gasteiger partial charge in [0.1, 0.15) is 11.8 Å². The van der Waals surface area contributed by atoms with Crippen LogP contribution in [0.2, 0.25) is 0 Å². The van der Waals surface area contributed by atoms with Crippen LogP contribution in [0.15, 0.2) is 6.07 Å². The third kappa shape index (κ3) is 3.01. The van der Waals surface area contributed by atoms with E-state index in [0.29, 0.717) is 11.3 Å². The molecule has 1 aromatic rings. The van der Waals surface area contributed by atoms with Gasteiger partial charge in [-0.1, -0.05) is 0 Å². The van der Waals surface area contributed by atoms with Gasteiger partial charge >= 0.3 is 12.3 Å². The van der Waals surface area contributed by atoms with Crippen LogP contribution in [0.5, 0.6) is 0 Å². The van der Waals surface area contributed by atoms with Crippen molar-refractivity contribution in [2.24, 2.45) is 7.05 Å². The van der Waals surface area contributed by atoms with Crippen molar-refractivity contribution >= 4 is 0 Å². The van der Waals surface area contributed by atoms with Gasteiger partial charge in [-0.2, -0.15) is 14.0 Å². The van der Waals surface area contributed by atoms with E-state index in [1.54, 1.807) is 24.6 Å². The Morgan fingerprint density at radius 3 is 2.56 bits per heavy atom. The molecule has 0 unspecified atom stereocenters. The van der Waals surface area contributed by atoms with Crippen molar-refractivity contribution in [3.05, 3.63) is 23.0 Å². The van der Waals surface area contributed by atoms with E-state index in [1.165, 1.54) is 0 Å². The molecule has 0 spiro atoms. The molecule has 1 rings (SSSR count). The average Bonchev–Trinajstić information content (AvgIpc) is 2.56. The van der Waals surface area contributed by atoms with Crippen molar-refractivity contribution in [3.8, 4) is 6.07 Å². The lowest BCUT2D eigenvalue weighted by Crippen LogP contribution is -2.38. The molecule has 0 aliphatic rings. The van der Waals surface area contributed by atoms with Gasteiger partial charge in [0, 0.05) is 19.3 Å². The normalized spacial score (nSPS) is 11.9. The number of hydrogen-bond donors (Lipinski definition) is 1. The zero-order valence-corrected chi connectivity index (χ0v) is 9.98. The van der Waals surface area contributed by atoms with Crippen LogP contribution in [-0.2, 0) is 13.6 Å². The Morgan fingerprint density at radius 2 is 2.11 bits per heavy atom. The molecular weight excluding hydrogens is 250 g/mol. The molecule has 0 bridgehead atoms. The second-order valence-electron chi connectivity index (χ2n) is 3.98. The number of nitrogens with one attached hydrogen (secondary N) is 1. The summed E-state index contributed by atoms with van der Waals surface area (Å²) in [4.78, 5) is 0. The molecule has 3 nitrogen and oxygen atoms in total. The van der Waals surface area contributed by atoms with Crippen LogP contribution >= 0.6 is 0 Å². The molecule has 0 saturated heterocycles. The number of aromatic nitrogens is 1. The van der Waals surface area contributed by atoms with Gasteiger partial charge in [-0.25, -0.2) is 8.78 Å². The second kappa shape index (κ2) is 5.40. The molecular formula is C11H13F4N3. The third-order valence-corrected chi connectivity index (χ3v) is 2.75. The van der Waals surface area contributed by atoms with Crippen LogP contribution in [0.3, 0.4) is 0 Å². The lowest BCUT2D eigenvalue weighted by molar-refractivity contribution is -0.125.